The molecule has 0 saturated heterocycles. The molecule has 4 N–H and O–H groups in total. The van der Waals surface area contributed by atoms with Crippen molar-refractivity contribution in [1.82, 2.24) is 10.2 Å². The summed E-state index contributed by atoms with van der Waals surface area (Å²) in [5.74, 6) is 0.460. The molecule has 0 aromatic heterocycles. The fraction of sp³-hybridized carbons (Fsp3) is 0.571. The summed E-state index contributed by atoms with van der Waals surface area (Å²) in [6, 6.07) is 9.52. The SMILES string of the molecule is Br.Br.CCCN(CCCCCCNCCc1ccc(O)c(Cl)c1)C1Cc2ccc(O)c(O)c2C(C)C1. The lowest BCUT2D eigenvalue weighted by molar-refractivity contribution is 0.167. The van der Waals surface area contributed by atoms with Crippen LogP contribution in [0.5, 0.6) is 17.2 Å². The summed E-state index contributed by atoms with van der Waals surface area (Å²) in [5, 5.41) is 33.6. The minimum Gasteiger partial charge on any atom is -0.506 e. The van der Waals surface area contributed by atoms with Gasteiger partial charge in [-0.05, 0) is 99.9 Å². The molecule has 36 heavy (non-hydrogen) atoms. The molecule has 8 heteroatoms. The number of benzene rings is 2. The van der Waals surface area contributed by atoms with E-state index in [0.717, 1.165) is 63.0 Å². The zero-order valence-corrected chi connectivity index (χ0v) is 25.7. The predicted octanol–water partition coefficient (Wildman–Crippen LogP) is 7.14. The number of halogens is 3. The largest absolute Gasteiger partial charge is 0.506 e. The van der Waals surface area contributed by atoms with E-state index in [1.807, 2.05) is 18.2 Å². The van der Waals surface area contributed by atoms with Crippen molar-refractivity contribution in [3.63, 3.8) is 0 Å². The van der Waals surface area contributed by atoms with E-state index in [-0.39, 0.29) is 57.1 Å². The van der Waals surface area contributed by atoms with Gasteiger partial charge < -0.3 is 25.5 Å². The lowest BCUT2D eigenvalue weighted by Gasteiger charge is -2.38. The smallest absolute Gasteiger partial charge is 0.161 e. The first-order valence-corrected chi connectivity index (χ1v) is 13.2. The Hall–Kier alpha value is -0.990. The first-order valence-electron chi connectivity index (χ1n) is 12.9. The summed E-state index contributed by atoms with van der Waals surface area (Å²) in [6.45, 7) is 8.59. The molecule has 0 spiro atoms. The van der Waals surface area contributed by atoms with E-state index in [1.165, 1.54) is 31.2 Å². The maximum Gasteiger partial charge on any atom is 0.161 e. The molecule has 5 nitrogen and oxygen atoms in total. The van der Waals surface area contributed by atoms with Crippen LogP contribution in [0.25, 0.3) is 0 Å². The Morgan fingerprint density at radius 1 is 0.944 bits per heavy atom. The number of nitrogens with one attached hydrogen (secondary N) is 1. The van der Waals surface area contributed by atoms with Crippen LogP contribution in [-0.2, 0) is 12.8 Å². The third kappa shape index (κ3) is 9.39. The number of hydrogen-bond acceptors (Lipinski definition) is 5. The van der Waals surface area contributed by atoms with Gasteiger partial charge in [0.05, 0.1) is 5.02 Å². The number of phenols is 3. The number of aromatic hydroxyl groups is 3. The van der Waals surface area contributed by atoms with E-state index in [2.05, 4.69) is 24.1 Å². The Bertz CT molecular complexity index is 932. The summed E-state index contributed by atoms with van der Waals surface area (Å²) < 4.78 is 0. The molecule has 0 heterocycles. The first-order chi connectivity index (χ1) is 16.4. The maximum absolute atomic E-state index is 10.3. The zero-order chi connectivity index (χ0) is 24.5. The van der Waals surface area contributed by atoms with Crippen molar-refractivity contribution < 1.29 is 15.3 Å². The molecule has 2 aromatic carbocycles. The van der Waals surface area contributed by atoms with Crippen LogP contribution in [-0.4, -0.2) is 52.4 Å². The van der Waals surface area contributed by atoms with Crippen LogP contribution in [0.4, 0.5) is 0 Å². The van der Waals surface area contributed by atoms with Gasteiger partial charge in [-0.25, -0.2) is 0 Å². The number of hydrogen-bond donors (Lipinski definition) is 4. The van der Waals surface area contributed by atoms with Gasteiger partial charge in [0.1, 0.15) is 5.75 Å². The van der Waals surface area contributed by atoms with Crippen molar-refractivity contribution in [3.05, 3.63) is 52.0 Å². The lowest BCUT2D eigenvalue weighted by atomic mass is 9.79. The van der Waals surface area contributed by atoms with E-state index in [0.29, 0.717) is 11.1 Å². The highest BCUT2D eigenvalue weighted by Gasteiger charge is 2.30. The van der Waals surface area contributed by atoms with Gasteiger partial charge in [-0.15, -0.1) is 34.0 Å². The fourth-order valence-electron chi connectivity index (χ4n) is 5.25. The Morgan fingerprint density at radius 3 is 2.39 bits per heavy atom. The predicted molar refractivity (Wildman–Crippen MR) is 161 cm³/mol. The third-order valence-corrected chi connectivity index (χ3v) is 7.34. The van der Waals surface area contributed by atoms with Crippen LogP contribution >= 0.6 is 45.6 Å². The van der Waals surface area contributed by atoms with Gasteiger partial charge in [0.25, 0.3) is 0 Å². The van der Waals surface area contributed by atoms with Crippen molar-refractivity contribution in [2.24, 2.45) is 0 Å². The normalized spacial score (nSPS) is 16.8. The highest BCUT2D eigenvalue weighted by atomic mass is 79.9. The molecule has 0 amide bonds. The number of rotatable bonds is 13. The van der Waals surface area contributed by atoms with E-state index in [4.69, 9.17) is 11.6 Å². The second kappa shape index (κ2) is 16.8. The van der Waals surface area contributed by atoms with Gasteiger partial charge in [-0.1, -0.05) is 50.4 Å². The van der Waals surface area contributed by atoms with Gasteiger partial charge in [-0.3, -0.25) is 0 Å². The van der Waals surface area contributed by atoms with Gasteiger partial charge in [0.2, 0.25) is 0 Å². The molecule has 0 aliphatic heterocycles. The number of phenolic OH excluding ortho intramolecular Hbond substituents is 3. The Balaban J connectivity index is 0.00000324. The highest BCUT2D eigenvalue weighted by molar-refractivity contribution is 8.93. The topological polar surface area (TPSA) is 76.0 Å². The van der Waals surface area contributed by atoms with Crippen molar-refractivity contribution in [2.75, 3.05) is 26.2 Å². The van der Waals surface area contributed by atoms with Crippen LogP contribution in [0, 0.1) is 0 Å². The minimum absolute atomic E-state index is 0. The van der Waals surface area contributed by atoms with Gasteiger partial charge in [0, 0.05) is 11.6 Å². The monoisotopic (exact) mass is 648 g/mol. The first kappa shape index (κ1) is 33.0. The summed E-state index contributed by atoms with van der Waals surface area (Å²) in [4.78, 5) is 2.64. The van der Waals surface area contributed by atoms with Gasteiger partial charge in [0.15, 0.2) is 11.5 Å². The van der Waals surface area contributed by atoms with Crippen LogP contribution < -0.4 is 5.32 Å². The highest BCUT2D eigenvalue weighted by Crippen LogP contribution is 2.42. The summed E-state index contributed by atoms with van der Waals surface area (Å²) in [7, 11) is 0. The van der Waals surface area contributed by atoms with E-state index < -0.39 is 0 Å². The molecule has 0 saturated carbocycles. The molecular weight excluding hydrogens is 608 g/mol. The van der Waals surface area contributed by atoms with Crippen molar-refractivity contribution >= 4 is 45.6 Å². The van der Waals surface area contributed by atoms with Crippen molar-refractivity contribution in [3.8, 4) is 17.2 Å². The average molecular weight is 651 g/mol. The second-order valence-electron chi connectivity index (χ2n) is 9.74. The second-order valence-corrected chi connectivity index (χ2v) is 10.1. The quantitative estimate of drug-likeness (QED) is 0.137. The molecule has 1 aliphatic carbocycles. The minimum atomic E-state index is -0.00583. The van der Waals surface area contributed by atoms with E-state index in [9.17, 15) is 15.3 Å². The number of unbranched alkanes of at least 4 members (excludes halogenated alkanes) is 3. The zero-order valence-electron chi connectivity index (χ0n) is 21.5. The van der Waals surface area contributed by atoms with Gasteiger partial charge >= 0.3 is 0 Å². The number of fused-ring (bicyclic) bond motifs is 1. The molecule has 2 unspecified atom stereocenters. The molecule has 2 aromatic rings. The average Bonchev–Trinajstić information content (AvgIpc) is 2.81. The summed E-state index contributed by atoms with van der Waals surface area (Å²) in [6.07, 6.45) is 8.90. The Morgan fingerprint density at radius 2 is 1.67 bits per heavy atom. The molecule has 0 radical (unpaired) electrons. The van der Waals surface area contributed by atoms with Crippen LogP contribution in [0.3, 0.4) is 0 Å². The lowest BCUT2D eigenvalue weighted by Crippen LogP contribution is -2.41. The number of nitrogens with zero attached hydrogens (tertiary/aromatic N) is 1. The van der Waals surface area contributed by atoms with Crippen LogP contribution in [0.15, 0.2) is 30.3 Å². The Labute approximate surface area is 242 Å². The van der Waals surface area contributed by atoms with Crippen LogP contribution in [0.2, 0.25) is 5.02 Å². The standard InChI is InChI=1S/C28H41ClN2O3.2BrH/c1-3-15-31(23-17-20(2)27-22(19-23)9-11-26(33)28(27)34)16-7-5-4-6-13-30-14-12-21-8-10-25(32)24(29)18-21;;/h8-11,18,20,23,30,32-34H,3-7,12-17,19H2,1-2H3;2*1H. The molecule has 3 rings (SSSR count). The van der Waals surface area contributed by atoms with E-state index >= 15 is 0 Å². The van der Waals surface area contributed by atoms with E-state index in [1.54, 1.807) is 12.1 Å². The summed E-state index contributed by atoms with van der Waals surface area (Å²) >= 11 is 5.96. The molecule has 0 fully saturated rings. The van der Waals surface area contributed by atoms with Crippen molar-refractivity contribution in [1.29, 1.82) is 0 Å². The fourth-order valence-corrected chi connectivity index (χ4v) is 5.46. The third-order valence-electron chi connectivity index (χ3n) is 7.04. The van der Waals surface area contributed by atoms with Gasteiger partial charge in [-0.2, -0.15) is 0 Å². The Kier molecular flexibility index (Phi) is 15.4. The maximum atomic E-state index is 10.3. The van der Waals surface area contributed by atoms with Crippen LogP contribution in [0.1, 0.15) is 75.0 Å². The molecule has 1 aliphatic rings. The molecule has 204 valence electrons. The molecular formula is C28H43Br2ClN2O3. The summed E-state index contributed by atoms with van der Waals surface area (Å²) in [5.41, 5.74) is 3.26. The molecule has 2 atom stereocenters. The van der Waals surface area contributed by atoms with Crippen molar-refractivity contribution in [2.45, 2.75) is 77.2 Å². The molecule has 0 bridgehead atoms.